The lowest BCUT2D eigenvalue weighted by molar-refractivity contribution is -0.0907. The molecule has 1 aliphatic rings. The fraction of sp³-hybridized carbons (Fsp3) is 0.400. The second-order valence-corrected chi connectivity index (χ2v) is 3.80. The van der Waals surface area contributed by atoms with E-state index >= 15 is 0 Å². The van der Waals surface area contributed by atoms with Gasteiger partial charge < -0.3 is 14.2 Å². The molecular weight excluding hydrogens is 239 g/mol. The minimum atomic E-state index is -0.410. The number of hydrogen-bond acceptors (Lipinski definition) is 3. The summed E-state index contributed by atoms with van der Waals surface area (Å²) in [6.07, 6.45) is -0.789. The van der Waals surface area contributed by atoms with Gasteiger partial charge in [0, 0.05) is 5.02 Å². The number of rotatable bonds is 3. The molecule has 5 heteroatoms. The SMILES string of the molecule is ClCC1OCC(Oc2cccc(Cl)c2)O1. The van der Waals surface area contributed by atoms with Crippen molar-refractivity contribution < 1.29 is 14.2 Å². The fourth-order valence-electron chi connectivity index (χ4n) is 1.27. The van der Waals surface area contributed by atoms with E-state index < -0.39 is 6.29 Å². The molecule has 15 heavy (non-hydrogen) atoms. The van der Waals surface area contributed by atoms with Gasteiger partial charge in [-0.3, -0.25) is 0 Å². The summed E-state index contributed by atoms with van der Waals surface area (Å²) in [6.45, 7) is 0.379. The van der Waals surface area contributed by atoms with Gasteiger partial charge in [-0.15, -0.1) is 11.6 Å². The molecule has 0 radical (unpaired) electrons. The zero-order valence-corrected chi connectivity index (χ0v) is 9.37. The molecule has 0 amide bonds. The zero-order valence-electron chi connectivity index (χ0n) is 7.86. The third-order valence-corrected chi connectivity index (χ3v) is 2.40. The smallest absolute Gasteiger partial charge is 0.226 e. The molecule has 1 aromatic rings. The summed E-state index contributed by atoms with van der Waals surface area (Å²) >= 11 is 11.4. The quantitative estimate of drug-likeness (QED) is 0.771. The molecule has 2 rings (SSSR count). The normalized spacial score (nSPS) is 25.5. The van der Waals surface area contributed by atoms with Gasteiger partial charge in [0.15, 0.2) is 6.29 Å². The number of hydrogen-bond donors (Lipinski definition) is 0. The van der Waals surface area contributed by atoms with E-state index in [1.165, 1.54) is 0 Å². The molecule has 0 aliphatic carbocycles. The van der Waals surface area contributed by atoms with Crippen LogP contribution in [-0.4, -0.2) is 25.1 Å². The second kappa shape index (κ2) is 5.03. The van der Waals surface area contributed by atoms with Gasteiger partial charge in [0.25, 0.3) is 0 Å². The number of ether oxygens (including phenoxy) is 3. The third-order valence-electron chi connectivity index (χ3n) is 1.91. The van der Waals surface area contributed by atoms with Gasteiger partial charge in [-0.05, 0) is 18.2 Å². The summed E-state index contributed by atoms with van der Waals surface area (Å²) in [5.74, 6) is 0.960. The Kier molecular flexibility index (Phi) is 3.70. The van der Waals surface area contributed by atoms with Gasteiger partial charge >= 0.3 is 0 Å². The van der Waals surface area contributed by atoms with E-state index in [2.05, 4.69) is 0 Å². The molecule has 1 saturated heterocycles. The Bertz CT molecular complexity index is 332. The molecule has 0 aromatic heterocycles. The highest BCUT2D eigenvalue weighted by Gasteiger charge is 2.26. The topological polar surface area (TPSA) is 27.7 Å². The van der Waals surface area contributed by atoms with E-state index in [-0.39, 0.29) is 6.29 Å². The van der Waals surface area contributed by atoms with Crippen molar-refractivity contribution in [1.29, 1.82) is 0 Å². The van der Waals surface area contributed by atoms with Crippen molar-refractivity contribution in [2.75, 3.05) is 12.5 Å². The molecule has 2 unspecified atom stereocenters. The van der Waals surface area contributed by atoms with Crippen LogP contribution in [0.5, 0.6) is 5.75 Å². The Balaban J connectivity index is 1.92. The number of benzene rings is 1. The van der Waals surface area contributed by atoms with Gasteiger partial charge in [0.05, 0.1) is 5.88 Å². The highest BCUT2D eigenvalue weighted by Crippen LogP contribution is 2.21. The predicted octanol–water partition coefficient (Wildman–Crippen LogP) is 2.66. The summed E-state index contributed by atoms with van der Waals surface area (Å²) in [5.41, 5.74) is 0. The van der Waals surface area contributed by atoms with E-state index in [1.54, 1.807) is 12.1 Å². The van der Waals surface area contributed by atoms with Crippen molar-refractivity contribution in [3.8, 4) is 5.75 Å². The number of halogens is 2. The van der Waals surface area contributed by atoms with Crippen molar-refractivity contribution in [2.45, 2.75) is 12.6 Å². The summed E-state index contributed by atoms with van der Waals surface area (Å²) in [6, 6.07) is 7.12. The van der Waals surface area contributed by atoms with Gasteiger partial charge in [-0.2, -0.15) is 0 Å². The van der Waals surface area contributed by atoms with Crippen LogP contribution >= 0.6 is 23.2 Å². The highest BCUT2D eigenvalue weighted by atomic mass is 35.5. The Morgan fingerprint density at radius 3 is 3.00 bits per heavy atom. The second-order valence-electron chi connectivity index (χ2n) is 3.06. The fourth-order valence-corrected chi connectivity index (χ4v) is 1.61. The lowest BCUT2D eigenvalue weighted by Crippen LogP contribution is -2.19. The maximum absolute atomic E-state index is 5.81. The summed E-state index contributed by atoms with van der Waals surface area (Å²) in [7, 11) is 0. The molecule has 1 fully saturated rings. The van der Waals surface area contributed by atoms with Crippen LogP contribution in [-0.2, 0) is 9.47 Å². The Morgan fingerprint density at radius 1 is 1.47 bits per heavy atom. The monoisotopic (exact) mass is 248 g/mol. The lowest BCUT2D eigenvalue weighted by atomic mass is 10.3. The molecule has 82 valence electrons. The first kappa shape index (κ1) is 11.0. The van der Waals surface area contributed by atoms with Crippen LogP contribution in [0.25, 0.3) is 0 Å². The van der Waals surface area contributed by atoms with Crippen LogP contribution in [0.1, 0.15) is 0 Å². The Morgan fingerprint density at radius 2 is 2.33 bits per heavy atom. The molecule has 0 spiro atoms. The van der Waals surface area contributed by atoms with Crippen molar-refractivity contribution in [2.24, 2.45) is 0 Å². The van der Waals surface area contributed by atoms with E-state index in [0.717, 1.165) is 0 Å². The van der Waals surface area contributed by atoms with Crippen molar-refractivity contribution in [3.63, 3.8) is 0 Å². The van der Waals surface area contributed by atoms with Crippen LogP contribution in [0.15, 0.2) is 24.3 Å². The highest BCUT2D eigenvalue weighted by molar-refractivity contribution is 6.30. The first-order valence-corrected chi connectivity index (χ1v) is 5.44. The summed E-state index contributed by atoms with van der Waals surface area (Å²) in [4.78, 5) is 0. The van der Waals surface area contributed by atoms with E-state index in [4.69, 9.17) is 37.4 Å². The van der Waals surface area contributed by atoms with Crippen molar-refractivity contribution >= 4 is 23.2 Å². The van der Waals surface area contributed by atoms with Crippen LogP contribution < -0.4 is 4.74 Å². The summed E-state index contributed by atoms with van der Waals surface area (Å²) < 4.78 is 16.0. The summed E-state index contributed by atoms with van der Waals surface area (Å²) in [5, 5.41) is 0.625. The first-order chi connectivity index (χ1) is 7.28. The van der Waals surface area contributed by atoms with Gasteiger partial charge in [-0.1, -0.05) is 17.7 Å². The molecule has 1 heterocycles. The minimum absolute atomic E-state index is 0.301. The standard InChI is InChI=1S/C10H10Cl2O3/c11-5-9-13-6-10(15-9)14-8-3-1-2-7(12)4-8/h1-4,9-10H,5-6H2. The van der Waals surface area contributed by atoms with Crippen LogP contribution in [0.2, 0.25) is 5.02 Å². The maximum Gasteiger partial charge on any atom is 0.226 e. The van der Waals surface area contributed by atoms with Crippen LogP contribution in [0.3, 0.4) is 0 Å². The molecule has 1 aliphatic heterocycles. The van der Waals surface area contributed by atoms with E-state index in [1.807, 2.05) is 12.1 Å². The minimum Gasteiger partial charge on any atom is -0.462 e. The van der Waals surface area contributed by atoms with E-state index in [0.29, 0.717) is 23.3 Å². The lowest BCUT2D eigenvalue weighted by Gasteiger charge is -2.12. The maximum atomic E-state index is 5.81. The Hall–Kier alpha value is -0.480. The van der Waals surface area contributed by atoms with Gasteiger partial charge in [0.2, 0.25) is 6.29 Å². The predicted molar refractivity (Wildman–Crippen MR) is 57.4 cm³/mol. The van der Waals surface area contributed by atoms with Gasteiger partial charge in [0.1, 0.15) is 12.4 Å². The largest absolute Gasteiger partial charge is 0.462 e. The molecule has 1 aromatic carbocycles. The molecule has 3 nitrogen and oxygen atoms in total. The van der Waals surface area contributed by atoms with Crippen LogP contribution in [0.4, 0.5) is 0 Å². The molecule has 0 saturated carbocycles. The molecule has 0 N–H and O–H groups in total. The molecule has 2 atom stereocenters. The number of alkyl halides is 1. The van der Waals surface area contributed by atoms with Crippen molar-refractivity contribution in [1.82, 2.24) is 0 Å². The average molecular weight is 249 g/mol. The molecule has 0 bridgehead atoms. The average Bonchev–Trinajstić information content (AvgIpc) is 2.65. The first-order valence-electron chi connectivity index (χ1n) is 4.53. The Labute approximate surface area is 97.8 Å². The van der Waals surface area contributed by atoms with Crippen LogP contribution in [0, 0.1) is 0 Å². The van der Waals surface area contributed by atoms with E-state index in [9.17, 15) is 0 Å². The molecular formula is C10H10Cl2O3. The third kappa shape index (κ3) is 2.98. The van der Waals surface area contributed by atoms with Gasteiger partial charge in [-0.25, -0.2) is 0 Å². The van der Waals surface area contributed by atoms with Crippen molar-refractivity contribution in [3.05, 3.63) is 29.3 Å². The zero-order chi connectivity index (χ0) is 10.7.